The van der Waals surface area contributed by atoms with E-state index in [4.69, 9.17) is 0 Å². The van der Waals surface area contributed by atoms with Gasteiger partial charge in [-0.2, -0.15) is 0 Å². The molecule has 0 amide bonds. The van der Waals surface area contributed by atoms with E-state index < -0.39 is 11.6 Å². The Morgan fingerprint density at radius 2 is 2.00 bits per heavy atom. The Morgan fingerprint density at radius 1 is 1.21 bits per heavy atom. The maximum atomic E-state index is 13.1. The Bertz CT molecular complexity index is 289. The van der Waals surface area contributed by atoms with Crippen molar-refractivity contribution in [2.75, 3.05) is 20.1 Å². The summed E-state index contributed by atoms with van der Waals surface area (Å²) in [6.07, 6.45) is 0. The van der Waals surface area contributed by atoms with E-state index in [0.717, 1.165) is 19.2 Å². The van der Waals surface area contributed by atoms with Gasteiger partial charge in [0.15, 0.2) is 11.6 Å². The number of likely N-dealkylation sites (N-methyl/N-ethyl adjacent to an activating group) is 1. The Balaban J connectivity index is 2.46. The molecule has 1 aromatic carbocycles. The van der Waals surface area contributed by atoms with E-state index in [1.54, 1.807) is 6.07 Å². The maximum Gasteiger partial charge on any atom is 0.163 e. The molecule has 0 fully saturated rings. The lowest BCUT2D eigenvalue weighted by atomic mass is 10.2. The molecule has 0 aliphatic rings. The fourth-order valence-corrected chi connectivity index (χ4v) is 1.12. The van der Waals surface area contributed by atoms with Crippen molar-refractivity contribution in [2.24, 2.45) is 0 Å². The van der Waals surface area contributed by atoms with Gasteiger partial charge >= 0.3 is 0 Å². The molecule has 0 radical (unpaired) electrons. The van der Waals surface area contributed by atoms with Crippen LogP contribution in [0.5, 0.6) is 0 Å². The van der Waals surface area contributed by atoms with Gasteiger partial charge in [0.2, 0.25) is 0 Å². The maximum absolute atomic E-state index is 13.1. The zero-order valence-electron chi connectivity index (χ0n) is 8.11. The highest BCUT2D eigenvalue weighted by Gasteiger charge is 2.05. The minimum absolute atomic E-state index is 0.352. The van der Waals surface area contributed by atoms with Crippen LogP contribution in [0.1, 0.15) is 5.56 Å². The summed E-state index contributed by atoms with van der Waals surface area (Å²) in [5, 5.41) is 5.95. The average molecular weight is 200 g/mol. The molecule has 1 rings (SSSR count). The monoisotopic (exact) mass is 200 g/mol. The minimum atomic E-state index is -0.794. The van der Waals surface area contributed by atoms with Gasteiger partial charge in [-0.25, -0.2) is 8.78 Å². The van der Waals surface area contributed by atoms with Crippen LogP contribution in [0.4, 0.5) is 8.78 Å². The Hall–Kier alpha value is -1.00. The smallest absolute Gasteiger partial charge is 0.163 e. The molecule has 1 aromatic rings. The van der Waals surface area contributed by atoms with Crippen LogP contribution in [-0.2, 0) is 6.54 Å². The number of benzene rings is 1. The third-order valence-corrected chi connectivity index (χ3v) is 1.90. The minimum Gasteiger partial charge on any atom is -0.318 e. The van der Waals surface area contributed by atoms with Gasteiger partial charge in [-0.15, -0.1) is 0 Å². The van der Waals surface area contributed by atoms with Gasteiger partial charge in [-0.3, -0.25) is 0 Å². The van der Waals surface area contributed by atoms with Crippen LogP contribution in [0, 0.1) is 11.6 Å². The second kappa shape index (κ2) is 5.67. The van der Waals surface area contributed by atoms with Crippen LogP contribution < -0.4 is 10.6 Å². The van der Waals surface area contributed by atoms with E-state index in [1.807, 2.05) is 7.05 Å². The summed E-state index contributed by atoms with van der Waals surface area (Å²) in [7, 11) is 1.84. The fraction of sp³-hybridized carbons (Fsp3) is 0.400. The molecule has 0 aliphatic heterocycles. The van der Waals surface area contributed by atoms with Crippen LogP contribution in [0.2, 0.25) is 0 Å². The van der Waals surface area contributed by atoms with Crippen LogP contribution in [-0.4, -0.2) is 20.1 Å². The highest BCUT2D eigenvalue weighted by Crippen LogP contribution is 2.10. The van der Waals surface area contributed by atoms with Crippen LogP contribution in [0.15, 0.2) is 18.2 Å². The van der Waals surface area contributed by atoms with Gasteiger partial charge in [0.25, 0.3) is 0 Å². The predicted octanol–water partition coefficient (Wildman–Crippen LogP) is 1.27. The third kappa shape index (κ3) is 3.05. The molecular formula is C10H14F2N2. The molecule has 0 aromatic heterocycles. The van der Waals surface area contributed by atoms with Crippen LogP contribution in [0.25, 0.3) is 0 Å². The van der Waals surface area contributed by atoms with E-state index in [1.165, 1.54) is 6.07 Å². The highest BCUT2D eigenvalue weighted by atomic mass is 19.2. The summed E-state index contributed by atoms with van der Waals surface area (Å²) in [6, 6.07) is 4.20. The second-order valence-electron chi connectivity index (χ2n) is 2.99. The molecule has 2 nitrogen and oxygen atoms in total. The first-order valence-corrected chi connectivity index (χ1v) is 4.54. The topological polar surface area (TPSA) is 24.1 Å². The Morgan fingerprint density at radius 3 is 2.71 bits per heavy atom. The Labute approximate surface area is 82.3 Å². The fourth-order valence-electron chi connectivity index (χ4n) is 1.12. The molecule has 0 saturated carbocycles. The molecule has 78 valence electrons. The van der Waals surface area contributed by atoms with Gasteiger partial charge in [0, 0.05) is 25.2 Å². The first-order chi connectivity index (χ1) is 6.75. The number of rotatable bonds is 5. The summed E-state index contributed by atoms with van der Waals surface area (Å²) in [5.41, 5.74) is 0.362. The van der Waals surface area contributed by atoms with Gasteiger partial charge in [-0.1, -0.05) is 12.1 Å². The van der Waals surface area contributed by atoms with Gasteiger partial charge in [-0.05, 0) is 13.1 Å². The largest absolute Gasteiger partial charge is 0.318 e. The first kappa shape index (κ1) is 11.1. The first-order valence-electron chi connectivity index (χ1n) is 4.54. The summed E-state index contributed by atoms with van der Waals surface area (Å²) >= 11 is 0. The lowest BCUT2D eigenvalue weighted by molar-refractivity contribution is 0.492. The lowest BCUT2D eigenvalue weighted by Gasteiger charge is -2.05. The molecule has 0 bridgehead atoms. The molecule has 0 unspecified atom stereocenters. The van der Waals surface area contributed by atoms with Crippen molar-refractivity contribution in [3.05, 3.63) is 35.4 Å². The number of halogens is 2. The van der Waals surface area contributed by atoms with Gasteiger partial charge in [0.05, 0.1) is 0 Å². The molecule has 0 saturated heterocycles. The van der Waals surface area contributed by atoms with E-state index in [2.05, 4.69) is 10.6 Å². The molecule has 0 spiro atoms. The third-order valence-electron chi connectivity index (χ3n) is 1.90. The second-order valence-corrected chi connectivity index (χ2v) is 2.99. The molecule has 0 atom stereocenters. The molecule has 14 heavy (non-hydrogen) atoms. The van der Waals surface area contributed by atoms with E-state index in [0.29, 0.717) is 12.1 Å². The summed E-state index contributed by atoms with van der Waals surface area (Å²) in [4.78, 5) is 0. The van der Waals surface area contributed by atoms with Crippen molar-refractivity contribution in [3.63, 3.8) is 0 Å². The van der Waals surface area contributed by atoms with E-state index >= 15 is 0 Å². The summed E-state index contributed by atoms with van der Waals surface area (Å²) < 4.78 is 25.8. The summed E-state index contributed by atoms with van der Waals surface area (Å²) in [6.45, 7) is 1.88. The van der Waals surface area contributed by atoms with Crippen molar-refractivity contribution in [2.45, 2.75) is 6.54 Å². The van der Waals surface area contributed by atoms with Crippen molar-refractivity contribution in [3.8, 4) is 0 Å². The Kier molecular flexibility index (Phi) is 4.49. The summed E-state index contributed by atoms with van der Waals surface area (Å²) in [5.74, 6) is -1.55. The molecule has 0 heterocycles. The average Bonchev–Trinajstić information content (AvgIpc) is 2.19. The van der Waals surface area contributed by atoms with Crippen molar-refractivity contribution in [1.82, 2.24) is 10.6 Å². The van der Waals surface area contributed by atoms with E-state index in [-0.39, 0.29) is 0 Å². The number of nitrogens with one attached hydrogen (secondary N) is 2. The zero-order chi connectivity index (χ0) is 10.4. The van der Waals surface area contributed by atoms with Gasteiger partial charge < -0.3 is 10.6 Å². The van der Waals surface area contributed by atoms with Crippen LogP contribution >= 0.6 is 0 Å². The van der Waals surface area contributed by atoms with Crippen molar-refractivity contribution >= 4 is 0 Å². The standard InChI is InChI=1S/C10H14F2N2/c1-13-5-6-14-7-8-3-2-4-9(11)10(8)12/h2-4,13-14H,5-7H2,1H3. The molecule has 0 aliphatic carbocycles. The lowest BCUT2D eigenvalue weighted by Crippen LogP contribution is -2.24. The van der Waals surface area contributed by atoms with E-state index in [9.17, 15) is 8.78 Å². The molecule has 4 heteroatoms. The zero-order valence-corrected chi connectivity index (χ0v) is 8.11. The number of hydrogen-bond acceptors (Lipinski definition) is 2. The molecular weight excluding hydrogens is 186 g/mol. The van der Waals surface area contributed by atoms with Crippen LogP contribution in [0.3, 0.4) is 0 Å². The molecule has 2 N–H and O–H groups in total. The quantitative estimate of drug-likeness (QED) is 0.699. The normalized spacial score (nSPS) is 10.5. The number of hydrogen-bond donors (Lipinski definition) is 2. The SMILES string of the molecule is CNCCNCc1cccc(F)c1F. The predicted molar refractivity (Wildman–Crippen MR) is 52.0 cm³/mol. The van der Waals surface area contributed by atoms with Gasteiger partial charge in [0.1, 0.15) is 0 Å². The highest BCUT2D eigenvalue weighted by molar-refractivity contribution is 5.18. The van der Waals surface area contributed by atoms with Crippen molar-refractivity contribution < 1.29 is 8.78 Å². The van der Waals surface area contributed by atoms with Crippen molar-refractivity contribution in [1.29, 1.82) is 0 Å².